The molecule has 41 heavy (non-hydrogen) atoms. The highest BCUT2D eigenvalue weighted by Crippen LogP contribution is 2.65. The maximum absolute atomic E-state index is 13.9. The zero-order chi connectivity index (χ0) is 31.5. The van der Waals surface area contributed by atoms with Crippen LogP contribution < -0.4 is 10.6 Å². The van der Waals surface area contributed by atoms with E-state index in [0.717, 1.165) is 4.90 Å². The van der Waals surface area contributed by atoms with Crippen molar-refractivity contribution in [2.45, 2.75) is 77.9 Å². The Hall–Kier alpha value is -3.38. The fourth-order valence-electron chi connectivity index (χ4n) is 5.85. The molecule has 1 aliphatic carbocycles. The lowest BCUT2D eigenvalue weighted by Gasteiger charge is -2.39. The summed E-state index contributed by atoms with van der Waals surface area (Å²) in [6, 6.07) is -4.09. The van der Waals surface area contributed by atoms with Gasteiger partial charge in [0.2, 0.25) is 11.8 Å². The van der Waals surface area contributed by atoms with Gasteiger partial charge in [-0.05, 0) is 35.5 Å². The second kappa shape index (κ2) is 10.5. The predicted octanol–water partition coefficient (Wildman–Crippen LogP) is 1.90. The molecule has 2 saturated heterocycles. The maximum Gasteiger partial charge on any atom is 0.471 e. The molecule has 0 aromatic heterocycles. The molecule has 3 rings (SSSR count). The largest absolute Gasteiger partial charge is 0.471 e. The van der Waals surface area contributed by atoms with E-state index in [-0.39, 0.29) is 24.4 Å². The normalized spacial score (nSPS) is 26.8. The van der Waals surface area contributed by atoms with Crippen LogP contribution in [0.5, 0.6) is 0 Å². The number of amides is 5. The SMILES string of the molecule is CC(C)(C)[C@H](NC(=O)C(F)(F)F)C(=O)N1C[C@H]2[C@@H]([C@H]1C(=O)N(C(=O)C(F)(F)F)[C@H](C#N)C[C@@H]1CCNC1=O)C2(C)C. The molecule has 16 heteroatoms. The summed E-state index contributed by atoms with van der Waals surface area (Å²) < 4.78 is 80.3. The minimum absolute atomic E-state index is 0.150. The van der Waals surface area contributed by atoms with E-state index in [1.807, 2.05) is 0 Å². The second-order valence-electron chi connectivity index (χ2n) is 12.3. The number of hydrogen-bond acceptors (Lipinski definition) is 6. The Bertz CT molecular complexity index is 1170. The van der Waals surface area contributed by atoms with Gasteiger partial charge in [-0.15, -0.1) is 0 Å². The molecular weight excluding hydrogens is 564 g/mol. The van der Waals surface area contributed by atoms with E-state index < -0.39 is 95.0 Å². The number of nitrogens with one attached hydrogen (secondary N) is 2. The average Bonchev–Trinajstić information content (AvgIpc) is 3.17. The molecule has 1 saturated carbocycles. The number of nitrogens with zero attached hydrogens (tertiary/aromatic N) is 3. The van der Waals surface area contributed by atoms with Gasteiger partial charge in [0, 0.05) is 19.0 Å². The van der Waals surface area contributed by atoms with Crippen LogP contribution in [0.3, 0.4) is 0 Å². The van der Waals surface area contributed by atoms with E-state index in [1.54, 1.807) is 19.2 Å². The monoisotopic (exact) mass is 595 g/mol. The number of carbonyl (C=O) groups is 5. The van der Waals surface area contributed by atoms with Crippen molar-refractivity contribution in [2.75, 3.05) is 13.1 Å². The molecule has 0 radical (unpaired) electrons. The van der Waals surface area contributed by atoms with Gasteiger partial charge < -0.3 is 15.5 Å². The Morgan fingerprint density at radius 2 is 1.71 bits per heavy atom. The summed E-state index contributed by atoms with van der Waals surface area (Å²) in [6.45, 7) is 7.35. The van der Waals surface area contributed by atoms with Crippen LogP contribution in [-0.4, -0.2) is 82.9 Å². The van der Waals surface area contributed by atoms with Crippen LogP contribution in [0.2, 0.25) is 0 Å². The molecule has 228 valence electrons. The Balaban J connectivity index is 2.04. The van der Waals surface area contributed by atoms with Gasteiger partial charge in [0.15, 0.2) is 0 Å². The lowest BCUT2D eigenvalue weighted by Crippen LogP contribution is -2.62. The first kappa shape index (κ1) is 32.1. The number of alkyl halides is 6. The summed E-state index contributed by atoms with van der Waals surface area (Å²) in [7, 11) is 0. The molecular formula is C25H31F6N5O5. The second-order valence-corrected chi connectivity index (χ2v) is 12.3. The van der Waals surface area contributed by atoms with Crippen LogP contribution in [0.4, 0.5) is 26.3 Å². The van der Waals surface area contributed by atoms with Gasteiger partial charge in [-0.3, -0.25) is 28.9 Å². The van der Waals surface area contributed by atoms with Gasteiger partial charge in [-0.25, -0.2) is 0 Å². The third kappa shape index (κ3) is 6.13. The van der Waals surface area contributed by atoms with Crippen LogP contribution in [0.25, 0.3) is 0 Å². The third-order valence-corrected chi connectivity index (χ3v) is 8.22. The van der Waals surface area contributed by atoms with Crippen LogP contribution in [0.1, 0.15) is 47.5 Å². The highest BCUT2D eigenvalue weighted by atomic mass is 19.4. The van der Waals surface area contributed by atoms with Gasteiger partial charge in [0.25, 0.3) is 5.91 Å². The molecule has 10 nitrogen and oxygen atoms in total. The fraction of sp³-hybridized carbons (Fsp3) is 0.760. The van der Waals surface area contributed by atoms with Crippen LogP contribution in [0.15, 0.2) is 0 Å². The van der Waals surface area contributed by atoms with Gasteiger partial charge in [0.1, 0.15) is 18.1 Å². The van der Waals surface area contributed by atoms with E-state index in [1.165, 1.54) is 26.8 Å². The number of rotatable bonds is 6. The number of fused-ring (bicyclic) bond motifs is 1. The van der Waals surface area contributed by atoms with Gasteiger partial charge in [0.05, 0.1) is 6.07 Å². The molecule has 3 aliphatic rings. The number of halogens is 6. The summed E-state index contributed by atoms with van der Waals surface area (Å²) in [5, 5.41) is 13.8. The molecule has 2 aliphatic heterocycles. The van der Waals surface area contributed by atoms with Crippen molar-refractivity contribution in [3.05, 3.63) is 0 Å². The van der Waals surface area contributed by atoms with Crippen LogP contribution in [0, 0.1) is 39.9 Å². The summed E-state index contributed by atoms with van der Waals surface area (Å²) in [5.74, 6) is -10.5. The first-order valence-electron chi connectivity index (χ1n) is 12.8. The molecule has 0 aromatic carbocycles. The van der Waals surface area contributed by atoms with Crippen molar-refractivity contribution in [1.82, 2.24) is 20.4 Å². The predicted molar refractivity (Wildman–Crippen MR) is 127 cm³/mol. The van der Waals surface area contributed by atoms with E-state index in [4.69, 9.17) is 0 Å². The Morgan fingerprint density at radius 3 is 2.15 bits per heavy atom. The smallest absolute Gasteiger partial charge is 0.356 e. The molecule has 0 spiro atoms. The van der Waals surface area contributed by atoms with E-state index >= 15 is 0 Å². The van der Waals surface area contributed by atoms with E-state index in [2.05, 4.69) is 5.32 Å². The molecule has 6 atom stereocenters. The zero-order valence-electron chi connectivity index (χ0n) is 22.9. The lowest BCUT2D eigenvalue weighted by atomic mass is 9.85. The number of nitriles is 1. The van der Waals surface area contributed by atoms with Crippen molar-refractivity contribution in [1.29, 1.82) is 5.26 Å². The summed E-state index contributed by atoms with van der Waals surface area (Å²) in [4.78, 5) is 64.4. The van der Waals surface area contributed by atoms with Crippen molar-refractivity contribution in [3.63, 3.8) is 0 Å². The van der Waals surface area contributed by atoms with Crippen molar-refractivity contribution < 1.29 is 50.3 Å². The molecule has 2 N–H and O–H groups in total. The summed E-state index contributed by atoms with van der Waals surface area (Å²) >= 11 is 0. The first-order valence-corrected chi connectivity index (χ1v) is 12.8. The minimum atomic E-state index is -5.61. The Labute approximate surface area is 231 Å². The number of piperidine rings is 1. The molecule has 0 bridgehead atoms. The molecule has 5 amide bonds. The van der Waals surface area contributed by atoms with Crippen LogP contribution >= 0.6 is 0 Å². The van der Waals surface area contributed by atoms with Crippen molar-refractivity contribution >= 4 is 29.5 Å². The molecule has 0 unspecified atom stereocenters. The number of hydrogen-bond donors (Lipinski definition) is 2. The van der Waals surface area contributed by atoms with Gasteiger partial charge >= 0.3 is 24.2 Å². The van der Waals surface area contributed by atoms with E-state index in [0.29, 0.717) is 0 Å². The zero-order valence-corrected chi connectivity index (χ0v) is 22.9. The summed E-state index contributed by atoms with van der Waals surface area (Å²) in [5.41, 5.74) is -2.02. The molecule has 2 heterocycles. The third-order valence-electron chi connectivity index (χ3n) is 8.22. The Morgan fingerprint density at radius 1 is 1.12 bits per heavy atom. The topological polar surface area (TPSA) is 140 Å². The van der Waals surface area contributed by atoms with Gasteiger partial charge in [-0.1, -0.05) is 34.6 Å². The average molecular weight is 596 g/mol. The first-order chi connectivity index (χ1) is 18.5. The van der Waals surface area contributed by atoms with Crippen molar-refractivity contribution in [3.8, 4) is 6.07 Å². The standard InChI is InChI=1S/C25H31F6N5O5/c1-22(2,3)16(34-20(40)24(26,27)28)19(39)35-10-13-14(23(13,4)5)15(35)18(38)36(21(41)25(29,30)31)12(9-32)8-11-6-7-33-17(11)37/h11-16H,6-8,10H2,1-5H3,(H,33,37)(H,34,40)/t11-,12-,13-,14-,15-,16+/m0/s1. The van der Waals surface area contributed by atoms with Crippen molar-refractivity contribution in [2.24, 2.45) is 28.6 Å². The summed E-state index contributed by atoms with van der Waals surface area (Å²) in [6.07, 6.45) is -11.4. The quantitative estimate of drug-likeness (QED) is 0.450. The molecule has 3 fully saturated rings. The highest BCUT2D eigenvalue weighted by molar-refractivity contribution is 6.03. The Kier molecular flexibility index (Phi) is 8.21. The fourth-order valence-corrected chi connectivity index (χ4v) is 5.85. The lowest BCUT2D eigenvalue weighted by molar-refractivity contribution is -0.191. The number of likely N-dealkylation sites (tertiary alicyclic amines) is 1. The minimum Gasteiger partial charge on any atom is -0.356 e. The number of carbonyl (C=O) groups excluding carboxylic acids is 5. The maximum atomic E-state index is 13.9. The highest BCUT2D eigenvalue weighted by Gasteiger charge is 2.71. The van der Waals surface area contributed by atoms with E-state index in [9.17, 15) is 55.6 Å². The van der Waals surface area contributed by atoms with Crippen LogP contribution in [-0.2, 0) is 24.0 Å². The molecule has 0 aromatic rings. The number of imide groups is 1. The van der Waals surface area contributed by atoms with Gasteiger partial charge in [-0.2, -0.15) is 31.6 Å².